The first-order valence-electron chi connectivity index (χ1n) is 6.32. The minimum atomic E-state index is -0.849. The van der Waals surface area contributed by atoms with Gasteiger partial charge in [0, 0.05) is 23.6 Å². The van der Waals surface area contributed by atoms with Crippen molar-refractivity contribution in [2.45, 2.75) is 32.2 Å². The maximum absolute atomic E-state index is 11.9. The molecule has 108 valence electrons. The molecule has 0 aliphatic carbocycles. The number of aliphatic carboxylic acids is 1. The largest absolute Gasteiger partial charge is 0.481 e. The summed E-state index contributed by atoms with van der Waals surface area (Å²) in [4.78, 5) is 33.4. The number of primary amides is 1. The molecule has 0 radical (unpaired) electrons. The number of hydrogen-bond acceptors (Lipinski definition) is 3. The summed E-state index contributed by atoms with van der Waals surface area (Å²) >= 11 is 0. The standard InChI is InChI=1S/C14H18N2O4/c1-9(4-2-7-12(17)18)16-14(20)11-6-3-5-10(8-11)13(15)19/h3,5-6,8-9H,2,4,7H2,1H3,(H2,15,19)(H,16,20)(H,17,18). The lowest BCUT2D eigenvalue weighted by Gasteiger charge is -2.13. The molecule has 2 amide bonds. The van der Waals surface area contributed by atoms with Crippen LogP contribution in [0.15, 0.2) is 24.3 Å². The normalized spacial score (nSPS) is 11.7. The van der Waals surface area contributed by atoms with Crippen molar-refractivity contribution in [2.75, 3.05) is 0 Å². The Labute approximate surface area is 117 Å². The zero-order valence-corrected chi connectivity index (χ0v) is 11.3. The van der Waals surface area contributed by atoms with Crippen molar-refractivity contribution in [1.82, 2.24) is 5.32 Å². The summed E-state index contributed by atoms with van der Waals surface area (Å²) in [6, 6.07) is 6.01. The average molecular weight is 278 g/mol. The predicted octanol–water partition coefficient (Wildman–Crippen LogP) is 1.16. The number of carboxylic acid groups (broad SMARTS) is 1. The molecule has 0 saturated carbocycles. The molecule has 0 heterocycles. The van der Waals surface area contributed by atoms with Gasteiger partial charge in [-0.25, -0.2) is 0 Å². The monoisotopic (exact) mass is 278 g/mol. The SMILES string of the molecule is CC(CCCC(=O)O)NC(=O)c1cccc(C(N)=O)c1. The van der Waals surface area contributed by atoms with Gasteiger partial charge in [0.05, 0.1) is 0 Å². The van der Waals surface area contributed by atoms with Gasteiger partial charge in [-0.2, -0.15) is 0 Å². The first kappa shape index (κ1) is 15.7. The molecular formula is C14H18N2O4. The summed E-state index contributed by atoms with van der Waals surface area (Å²) < 4.78 is 0. The van der Waals surface area contributed by atoms with E-state index in [1.807, 2.05) is 0 Å². The van der Waals surface area contributed by atoms with Crippen LogP contribution in [-0.4, -0.2) is 28.9 Å². The number of nitrogens with one attached hydrogen (secondary N) is 1. The fourth-order valence-electron chi connectivity index (χ4n) is 1.75. The lowest BCUT2D eigenvalue weighted by Crippen LogP contribution is -2.32. The molecule has 0 saturated heterocycles. The van der Waals surface area contributed by atoms with Crippen LogP contribution in [0.1, 0.15) is 46.9 Å². The van der Waals surface area contributed by atoms with E-state index in [1.54, 1.807) is 19.1 Å². The number of carboxylic acids is 1. The van der Waals surface area contributed by atoms with Crippen molar-refractivity contribution < 1.29 is 19.5 Å². The first-order valence-corrected chi connectivity index (χ1v) is 6.32. The Kier molecular flexibility index (Phi) is 5.71. The quantitative estimate of drug-likeness (QED) is 0.695. The van der Waals surface area contributed by atoms with Gasteiger partial charge in [0.15, 0.2) is 0 Å². The lowest BCUT2D eigenvalue weighted by molar-refractivity contribution is -0.137. The third-order valence-electron chi connectivity index (χ3n) is 2.81. The van der Waals surface area contributed by atoms with Gasteiger partial charge in [-0.1, -0.05) is 6.07 Å². The van der Waals surface area contributed by atoms with Crippen LogP contribution in [-0.2, 0) is 4.79 Å². The number of hydrogen-bond donors (Lipinski definition) is 3. The fourth-order valence-corrected chi connectivity index (χ4v) is 1.75. The number of amides is 2. The average Bonchev–Trinajstić information content (AvgIpc) is 2.38. The Morgan fingerprint density at radius 2 is 1.95 bits per heavy atom. The van der Waals surface area contributed by atoms with Crippen molar-refractivity contribution >= 4 is 17.8 Å². The highest BCUT2D eigenvalue weighted by Gasteiger charge is 2.11. The molecule has 1 rings (SSSR count). The van der Waals surface area contributed by atoms with Crippen LogP contribution in [0.3, 0.4) is 0 Å². The second-order valence-electron chi connectivity index (χ2n) is 4.61. The molecule has 1 atom stereocenters. The molecule has 6 nitrogen and oxygen atoms in total. The Bertz CT molecular complexity index is 514. The molecule has 1 aromatic rings. The van der Waals surface area contributed by atoms with Crippen molar-refractivity contribution in [3.05, 3.63) is 35.4 Å². The number of carbonyl (C=O) groups is 3. The van der Waals surface area contributed by atoms with Crippen LogP contribution >= 0.6 is 0 Å². The van der Waals surface area contributed by atoms with Crippen molar-refractivity contribution in [3.8, 4) is 0 Å². The topological polar surface area (TPSA) is 109 Å². The number of rotatable bonds is 7. The molecule has 1 aromatic carbocycles. The van der Waals surface area contributed by atoms with Crippen LogP contribution in [0, 0.1) is 0 Å². The summed E-state index contributed by atoms with van der Waals surface area (Å²) in [6.45, 7) is 1.80. The van der Waals surface area contributed by atoms with Crippen molar-refractivity contribution in [3.63, 3.8) is 0 Å². The minimum Gasteiger partial charge on any atom is -0.481 e. The number of carbonyl (C=O) groups excluding carboxylic acids is 2. The zero-order chi connectivity index (χ0) is 15.1. The second kappa shape index (κ2) is 7.28. The highest BCUT2D eigenvalue weighted by Crippen LogP contribution is 2.06. The van der Waals surface area contributed by atoms with E-state index in [0.717, 1.165) is 0 Å². The first-order chi connectivity index (χ1) is 9.40. The van der Waals surface area contributed by atoms with Crippen LogP contribution in [0.25, 0.3) is 0 Å². The van der Waals surface area contributed by atoms with Gasteiger partial charge in [-0.05, 0) is 38.0 Å². The van der Waals surface area contributed by atoms with E-state index in [1.165, 1.54) is 12.1 Å². The molecule has 0 aromatic heterocycles. The number of nitrogens with two attached hydrogens (primary N) is 1. The van der Waals surface area contributed by atoms with Gasteiger partial charge in [0.2, 0.25) is 5.91 Å². The van der Waals surface area contributed by atoms with Crippen LogP contribution in [0.4, 0.5) is 0 Å². The summed E-state index contributed by atoms with van der Waals surface area (Å²) in [6.07, 6.45) is 1.16. The maximum Gasteiger partial charge on any atom is 0.303 e. The van der Waals surface area contributed by atoms with Crippen molar-refractivity contribution in [2.24, 2.45) is 5.73 Å². The Hall–Kier alpha value is -2.37. The molecule has 0 aliphatic rings. The third kappa shape index (κ3) is 5.09. The van der Waals surface area contributed by atoms with Gasteiger partial charge in [-0.3, -0.25) is 14.4 Å². The Morgan fingerprint density at radius 1 is 1.30 bits per heavy atom. The third-order valence-corrected chi connectivity index (χ3v) is 2.81. The summed E-state index contributed by atoms with van der Waals surface area (Å²) in [5.41, 5.74) is 5.78. The Morgan fingerprint density at radius 3 is 2.55 bits per heavy atom. The highest BCUT2D eigenvalue weighted by molar-refractivity contribution is 5.99. The molecule has 0 aliphatic heterocycles. The predicted molar refractivity (Wildman–Crippen MR) is 73.4 cm³/mol. The summed E-state index contributed by atoms with van der Waals surface area (Å²) in [5.74, 6) is -1.75. The van der Waals surface area contributed by atoms with E-state index in [4.69, 9.17) is 10.8 Å². The smallest absolute Gasteiger partial charge is 0.303 e. The summed E-state index contributed by atoms with van der Waals surface area (Å²) in [5, 5.41) is 11.3. The van der Waals surface area contributed by atoms with E-state index in [9.17, 15) is 14.4 Å². The van der Waals surface area contributed by atoms with Gasteiger partial charge < -0.3 is 16.2 Å². The van der Waals surface area contributed by atoms with Crippen LogP contribution in [0.2, 0.25) is 0 Å². The Balaban J connectivity index is 2.55. The molecule has 0 bridgehead atoms. The number of benzene rings is 1. The van der Waals surface area contributed by atoms with Gasteiger partial charge in [0.1, 0.15) is 0 Å². The van der Waals surface area contributed by atoms with Crippen LogP contribution < -0.4 is 11.1 Å². The maximum atomic E-state index is 11.9. The van der Waals surface area contributed by atoms with E-state index >= 15 is 0 Å². The molecule has 1 unspecified atom stereocenters. The molecule has 0 spiro atoms. The van der Waals surface area contributed by atoms with E-state index in [2.05, 4.69) is 5.32 Å². The van der Waals surface area contributed by atoms with E-state index < -0.39 is 11.9 Å². The summed E-state index contributed by atoms with van der Waals surface area (Å²) in [7, 11) is 0. The minimum absolute atomic E-state index is 0.0807. The van der Waals surface area contributed by atoms with E-state index in [-0.39, 0.29) is 23.9 Å². The highest BCUT2D eigenvalue weighted by atomic mass is 16.4. The molecule has 0 fully saturated rings. The van der Waals surface area contributed by atoms with Crippen molar-refractivity contribution in [1.29, 1.82) is 0 Å². The molecule has 6 heteroatoms. The van der Waals surface area contributed by atoms with Gasteiger partial charge in [0.25, 0.3) is 5.91 Å². The fraction of sp³-hybridized carbons (Fsp3) is 0.357. The lowest BCUT2D eigenvalue weighted by atomic mass is 10.1. The van der Waals surface area contributed by atoms with Gasteiger partial charge in [-0.15, -0.1) is 0 Å². The molecular weight excluding hydrogens is 260 g/mol. The van der Waals surface area contributed by atoms with E-state index in [0.29, 0.717) is 18.4 Å². The van der Waals surface area contributed by atoms with Crippen LogP contribution in [0.5, 0.6) is 0 Å². The zero-order valence-electron chi connectivity index (χ0n) is 11.3. The molecule has 20 heavy (non-hydrogen) atoms. The second-order valence-corrected chi connectivity index (χ2v) is 4.61. The molecule has 4 N–H and O–H groups in total. The van der Waals surface area contributed by atoms with Gasteiger partial charge >= 0.3 is 5.97 Å².